The molecule has 240 valence electrons. The smallest absolute Gasteiger partial charge is 0.160 e. The first kappa shape index (κ1) is 29.5. The number of hydrogen-bond donors (Lipinski definition) is 0. The maximum absolute atomic E-state index is 5.24. The fourth-order valence-corrected chi connectivity index (χ4v) is 8.48. The molecule has 0 atom stereocenters. The van der Waals surface area contributed by atoms with E-state index in [1.54, 1.807) is 0 Å². The molecule has 2 aromatic heterocycles. The molecule has 0 aliphatic heterocycles. The molecule has 7 aromatic carbocycles. The third-order valence-corrected chi connectivity index (χ3v) is 10.7. The van der Waals surface area contributed by atoms with Crippen molar-refractivity contribution in [2.45, 2.75) is 19.3 Å². The molecule has 3 nitrogen and oxygen atoms in total. The van der Waals surface area contributed by atoms with Gasteiger partial charge in [0.2, 0.25) is 0 Å². The van der Waals surface area contributed by atoms with Crippen molar-refractivity contribution >= 4 is 32.4 Å². The standard InChI is InChI=1S/C48H33N3/c1-48(2)44-33-18-7-6-13-30(33)24-25-40(44)39-22-11-21-38(45(39)48)36-26-27-37(35-20-9-8-19-34(35)36)42-29-43(51-47(50-42)32-14-4-3-5-15-32)41-23-10-16-31-17-12-28-49-46(31)41/h3-29H,1-2H3. The van der Waals surface area contributed by atoms with Gasteiger partial charge in [0.15, 0.2) is 5.82 Å². The molecule has 2 heterocycles. The first-order valence-corrected chi connectivity index (χ1v) is 17.5. The molecule has 0 saturated heterocycles. The van der Waals surface area contributed by atoms with Crippen molar-refractivity contribution in [3.8, 4) is 56.2 Å². The van der Waals surface area contributed by atoms with Gasteiger partial charge in [-0.05, 0) is 67.1 Å². The minimum atomic E-state index is -0.180. The van der Waals surface area contributed by atoms with Crippen LogP contribution < -0.4 is 0 Å². The summed E-state index contributed by atoms with van der Waals surface area (Å²) in [6.07, 6.45) is 1.85. The Bertz CT molecular complexity index is 2830. The van der Waals surface area contributed by atoms with Crippen LogP contribution in [0.15, 0.2) is 164 Å². The average molecular weight is 652 g/mol. The minimum Gasteiger partial charge on any atom is -0.256 e. The lowest BCUT2D eigenvalue weighted by molar-refractivity contribution is 0.668. The Morgan fingerprint density at radius 3 is 1.80 bits per heavy atom. The van der Waals surface area contributed by atoms with Gasteiger partial charge in [0.25, 0.3) is 0 Å². The van der Waals surface area contributed by atoms with Crippen LogP contribution in [0.2, 0.25) is 0 Å². The highest BCUT2D eigenvalue weighted by Gasteiger charge is 2.39. The number of hydrogen-bond acceptors (Lipinski definition) is 3. The minimum absolute atomic E-state index is 0.180. The van der Waals surface area contributed by atoms with Crippen LogP contribution in [0, 0.1) is 0 Å². The van der Waals surface area contributed by atoms with E-state index in [4.69, 9.17) is 15.0 Å². The highest BCUT2D eigenvalue weighted by atomic mass is 14.9. The van der Waals surface area contributed by atoms with Crippen molar-refractivity contribution in [3.63, 3.8) is 0 Å². The van der Waals surface area contributed by atoms with Gasteiger partial charge >= 0.3 is 0 Å². The quantitative estimate of drug-likeness (QED) is 0.190. The van der Waals surface area contributed by atoms with Crippen molar-refractivity contribution in [3.05, 3.63) is 175 Å². The Labute approximate surface area is 297 Å². The van der Waals surface area contributed by atoms with E-state index in [0.29, 0.717) is 5.82 Å². The van der Waals surface area contributed by atoms with Gasteiger partial charge in [-0.25, -0.2) is 9.97 Å². The Morgan fingerprint density at radius 2 is 0.980 bits per heavy atom. The van der Waals surface area contributed by atoms with Gasteiger partial charge in [0.05, 0.1) is 16.9 Å². The maximum Gasteiger partial charge on any atom is 0.160 e. The summed E-state index contributed by atoms with van der Waals surface area (Å²) >= 11 is 0. The molecule has 0 fully saturated rings. The summed E-state index contributed by atoms with van der Waals surface area (Å²) in [6.45, 7) is 4.78. The second kappa shape index (κ2) is 11.3. The van der Waals surface area contributed by atoms with E-state index in [0.717, 1.165) is 44.4 Å². The molecule has 0 N–H and O–H groups in total. The summed E-state index contributed by atoms with van der Waals surface area (Å²) in [4.78, 5) is 15.1. The van der Waals surface area contributed by atoms with Crippen molar-refractivity contribution in [2.24, 2.45) is 0 Å². The van der Waals surface area contributed by atoms with E-state index in [-0.39, 0.29) is 5.41 Å². The third-order valence-electron chi connectivity index (χ3n) is 10.7. The molecule has 0 amide bonds. The van der Waals surface area contributed by atoms with E-state index in [1.807, 2.05) is 30.5 Å². The Kier molecular flexibility index (Phi) is 6.53. The Hall–Kier alpha value is -6.45. The van der Waals surface area contributed by atoms with Crippen LogP contribution >= 0.6 is 0 Å². The van der Waals surface area contributed by atoms with Crippen LogP contribution in [0.1, 0.15) is 25.0 Å². The van der Waals surface area contributed by atoms with Crippen LogP contribution in [-0.2, 0) is 5.41 Å². The zero-order chi connectivity index (χ0) is 34.1. The number of rotatable bonds is 4. The largest absolute Gasteiger partial charge is 0.256 e. The van der Waals surface area contributed by atoms with Crippen LogP contribution in [0.25, 0.3) is 88.6 Å². The van der Waals surface area contributed by atoms with Crippen molar-refractivity contribution in [1.82, 2.24) is 15.0 Å². The van der Waals surface area contributed by atoms with Crippen molar-refractivity contribution in [1.29, 1.82) is 0 Å². The van der Waals surface area contributed by atoms with Crippen molar-refractivity contribution in [2.75, 3.05) is 0 Å². The van der Waals surface area contributed by atoms with Crippen LogP contribution in [-0.4, -0.2) is 15.0 Å². The highest BCUT2D eigenvalue weighted by molar-refractivity contribution is 6.07. The third kappa shape index (κ3) is 4.55. The van der Waals surface area contributed by atoms with E-state index in [1.165, 1.54) is 49.5 Å². The van der Waals surface area contributed by atoms with Gasteiger partial charge in [0, 0.05) is 33.7 Å². The lowest BCUT2D eigenvalue weighted by Crippen LogP contribution is -2.17. The number of aromatic nitrogens is 3. The lowest BCUT2D eigenvalue weighted by Gasteiger charge is -2.26. The Morgan fingerprint density at radius 1 is 0.412 bits per heavy atom. The molecule has 0 saturated carbocycles. The summed E-state index contributed by atoms with van der Waals surface area (Å²) in [5, 5.41) is 6.06. The van der Waals surface area contributed by atoms with Gasteiger partial charge in [0.1, 0.15) is 0 Å². The van der Waals surface area contributed by atoms with Crippen LogP contribution in [0.4, 0.5) is 0 Å². The monoisotopic (exact) mass is 651 g/mol. The normalized spacial score (nSPS) is 13.1. The van der Waals surface area contributed by atoms with Crippen molar-refractivity contribution < 1.29 is 0 Å². The fourth-order valence-electron chi connectivity index (χ4n) is 8.48. The molecule has 3 heteroatoms. The van der Waals surface area contributed by atoms with Gasteiger partial charge in [-0.15, -0.1) is 0 Å². The lowest BCUT2D eigenvalue weighted by atomic mass is 9.77. The fraction of sp³-hybridized carbons (Fsp3) is 0.0625. The number of pyridine rings is 1. The number of fused-ring (bicyclic) bond motifs is 7. The predicted octanol–water partition coefficient (Wildman–Crippen LogP) is 12.3. The SMILES string of the molecule is CC1(C)c2c(cccc2-c2ccc(-c3cc(-c4cccc5cccnc45)nc(-c4ccccc4)n3)c3ccccc23)-c2ccc3ccccc3c21. The zero-order valence-corrected chi connectivity index (χ0v) is 28.4. The number of para-hydroxylation sites is 1. The molecular weight excluding hydrogens is 619 g/mol. The van der Waals surface area contributed by atoms with E-state index < -0.39 is 0 Å². The molecule has 1 aliphatic carbocycles. The van der Waals surface area contributed by atoms with Gasteiger partial charge in [-0.3, -0.25) is 4.98 Å². The predicted molar refractivity (Wildman–Crippen MR) is 212 cm³/mol. The molecule has 0 unspecified atom stereocenters. The van der Waals surface area contributed by atoms with Gasteiger partial charge in [-0.2, -0.15) is 0 Å². The molecule has 0 spiro atoms. The number of nitrogens with zero attached hydrogens (tertiary/aromatic N) is 3. The van der Waals surface area contributed by atoms with E-state index >= 15 is 0 Å². The number of benzene rings is 7. The first-order valence-electron chi connectivity index (χ1n) is 17.5. The van der Waals surface area contributed by atoms with Gasteiger partial charge < -0.3 is 0 Å². The second-order valence-corrected chi connectivity index (χ2v) is 14.0. The summed E-state index contributed by atoms with van der Waals surface area (Å²) < 4.78 is 0. The maximum atomic E-state index is 5.24. The summed E-state index contributed by atoms with van der Waals surface area (Å²) in [7, 11) is 0. The molecule has 10 rings (SSSR count). The highest BCUT2D eigenvalue weighted by Crippen LogP contribution is 2.55. The van der Waals surface area contributed by atoms with Crippen LogP contribution in [0.5, 0.6) is 0 Å². The molecule has 9 aromatic rings. The molecule has 0 bridgehead atoms. The zero-order valence-electron chi connectivity index (χ0n) is 28.4. The van der Waals surface area contributed by atoms with Crippen LogP contribution in [0.3, 0.4) is 0 Å². The molecule has 0 radical (unpaired) electrons. The average Bonchev–Trinajstić information content (AvgIpc) is 3.44. The molecule has 51 heavy (non-hydrogen) atoms. The topological polar surface area (TPSA) is 38.7 Å². The summed E-state index contributed by atoms with van der Waals surface area (Å²) in [6, 6.07) is 56.3. The van der Waals surface area contributed by atoms with Gasteiger partial charge in [-0.1, -0.05) is 159 Å². The molecule has 1 aliphatic rings. The Balaban J connectivity index is 1.19. The molecular formula is C48H33N3. The van der Waals surface area contributed by atoms with E-state index in [2.05, 4.69) is 147 Å². The summed E-state index contributed by atoms with van der Waals surface area (Å²) in [5.74, 6) is 0.691. The summed E-state index contributed by atoms with van der Waals surface area (Å²) in [5.41, 5.74) is 13.5. The first-order chi connectivity index (χ1) is 25.1. The second-order valence-electron chi connectivity index (χ2n) is 14.0. The van der Waals surface area contributed by atoms with E-state index in [9.17, 15) is 0 Å².